The van der Waals surface area contributed by atoms with E-state index < -0.39 is 0 Å². The minimum atomic E-state index is -0.0559. The molecule has 1 amide bonds. The third kappa shape index (κ3) is 4.04. The van der Waals surface area contributed by atoms with Crippen molar-refractivity contribution in [3.63, 3.8) is 0 Å². The molecule has 1 saturated heterocycles. The Morgan fingerprint density at radius 2 is 2.12 bits per heavy atom. The molecule has 1 fully saturated rings. The fourth-order valence-corrected chi connectivity index (χ4v) is 3.11. The van der Waals surface area contributed by atoms with Gasteiger partial charge in [0, 0.05) is 25.4 Å². The first-order valence-electron chi connectivity index (χ1n) is 8.72. The predicted octanol–water partition coefficient (Wildman–Crippen LogP) is 3.11. The lowest BCUT2D eigenvalue weighted by molar-refractivity contribution is 0.0677. The number of likely N-dealkylation sites (tertiary alicyclic amines) is 1. The summed E-state index contributed by atoms with van der Waals surface area (Å²) in [6.45, 7) is 3.72. The van der Waals surface area contributed by atoms with Crippen LogP contribution in [0.1, 0.15) is 30.3 Å². The van der Waals surface area contributed by atoms with E-state index in [0.29, 0.717) is 34.7 Å². The second-order valence-corrected chi connectivity index (χ2v) is 6.46. The van der Waals surface area contributed by atoms with E-state index in [1.807, 2.05) is 11.0 Å². The summed E-state index contributed by atoms with van der Waals surface area (Å²) in [7, 11) is 3.19. The first-order valence-corrected chi connectivity index (χ1v) is 8.72. The van der Waals surface area contributed by atoms with Crippen molar-refractivity contribution < 1.29 is 14.3 Å². The summed E-state index contributed by atoms with van der Waals surface area (Å²) < 4.78 is 10.6. The van der Waals surface area contributed by atoms with Crippen LogP contribution >= 0.6 is 0 Å². The highest BCUT2D eigenvalue weighted by molar-refractivity contribution is 5.92. The van der Waals surface area contributed by atoms with Crippen LogP contribution in [0.25, 0.3) is 0 Å². The zero-order valence-corrected chi connectivity index (χ0v) is 15.4. The lowest BCUT2D eigenvalue weighted by Gasteiger charge is -2.30. The van der Waals surface area contributed by atoms with E-state index in [1.165, 1.54) is 0 Å². The van der Waals surface area contributed by atoms with Gasteiger partial charge in [-0.1, -0.05) is 6.92 Å². The van der Waals surface area contributed by atoms with Gasteiger partial charge in [-0.2, -0.15) is 0 Å². The molecule has 1 aromatic carbocycles. The highest BCUT2D eigenvalue weighted by atomic mass is 16.5. The van der Waals surface area contributed by atoms with Crippen molar-refractivity contribution in [3.8, 4) is 11.5 Å². The first kappa shape index (κ1) is 18.0. The molecule has 7 heteroatoms. The minimum absolute atomic E-state index is 0.0559. The minimum Gasteiger partial charge on any atom is -0.497 e. The number of hydrogen-bond acceptors (Lipinski definition) is 6. The summed E-state index contributed by atoms with van der Waals surface area (Å²) in [5, 5.41) is 3.11. The SMILES string of the molecule is COc1ccc(OC)c(Nc2nccc(C(=O)N3CCCC(C)C3)n2)c1. The molecular weight excluding hydrogens is 332 g/mol. The Hall–Kier alpha value is -2.83. The molecule has 26 heavy (non-hydrogen) atoms. The zero-order chi connectivity index (χ0) is 18.5. The second-order valence-electron chi connectivity index (χ2n) is 6.46. The number of aromatic nitrogens is 2. The summed E-state index contributed by atoms with van der Waals surface area (Å²) in [5.74, 6) is 2.12. The lowest BCUT2D eigenvalue weighted by Crippen LogP contribution is -2.39. The smallest absolute Gasteiger partial charge is 0.272 e. The Morgan fingerprint density at radius 1 is 1.27 bits per heavy atom. The fraction of sp³-hybridized carbons (Fsp3) is 0.421. The van der Waals surface area contributed by atoms with Crippen LogP contribution < -0.4 is 14.8 Å². The Bertz CT molecular complexity index is 781. The maximum absolute atomic E-state index is 12.7. The molecule has 3 rings (SSSR count). The molecule has 0 spiro atoms. The number of nitrogens with one attached hydrogen (secondary N) is 1. The van der Waals surface area contributed by atoms with E-state index in [-0.39, 0.29) is 5.91 Å². The molecule has 0 saturated carbocycles. The molecule has 1 aromatic heterocycles. The number of methoxy groups -OCH3 is 2. The maximum atomic E-state index is 12.7. The number of hydrogen-bond donors (Lipinski definition) is 1. The number of rotatable bonds is 5. The monoisotopic (exact) mass is 356 g/mol. The Morgan fingerprint density at radius 3 is 2.85 bits per heavy atom. The summed E-state index contributed by atoms with van der Waals surface area (Å²) in [4.78, 5) is 23.2. The standard InChI is InChI=1S/C19H24N4O3/c1-13-5-4-10-23(12-13)18(24)15-8-9-20-19(21-15)22-16-11-14(25-2)6-7-17(16)26-3/h6-9,11,13H,4-5,10,12H2,1-3H3,(H,20,21,22). The molecule has 2 heterocycles. The van der Waals surface area contributed by atoms with Crippen LogP contribution in [0.15, 0.2) is 30.5 Å². The molecule has 1 atom stereocenters. The van der Waals surface area contributed by atoms with Gasteiger partial charge < -0.3 is 19.7 Å². The Balaban J connectivity index is 1.80. The molecule has 1 unspecified atom stereocenters. The maximum Gasteiger partial charge on any atom is 0.272 e. The van der Waals surface area contributed by atoms with Gasteiger partial charge in [-0.25, -0.2) is 9.97 Å². The average molecular weight is 356 g/mol. The topological polar surface area (TPSA) is 76.6 Å². The fourth-order valence-electron chi connectivity index (χ4n) is 3.11. The van der Waals surface area contributed by atoms with E-state index >= 15 is 0 Å². The van der Waals surface area contributed by atoms with Gasteiger partial charge in [0.05, 0.1) is 19.9 Å². The van der Waals surface area contributed by atoms with Gasteiger partial charge >= 0.3 is 0 Å². The number of nitrogens with zero attached hydrogens (tertiary/aromatic N) is 3. The molecular formula is C19H24N4O3. The Labute approximate surface area is 153 Å². The number of ether oxygens (including phenoxy) is 2. The third-order valence-electron chi connectivity index (χ3n) is 4.47. The number of anilines is 2. The van der Waals surface area contributed by atoms with Crippen molar-refractivity contribution in [2.75, 3.05) is 32.6 Å². The van der Waals surface area contributed by atoms with Gasteiger partial charge in [0.15, 0.2) is 0 Å². The van der Waals surface area contributed by atoms with Crippen LogP contribution in [-0.2, 0) is 0 Å². The summed E-state index contributed by atoms with van der Waals surface area (Å²) >= 11 is 0. The quantitative estimate of drug-likeness (QED) is 0.887. The summed E-state index contributed by atoms with van der Waals surface area (Å²) in [6, 6.07) is 7.05. The van der Waals surface area contributed by atoms with Crippen molar-refractivity contribution in [2.24, 2.45) is 5.92 Å². The average Bonchev–Trinajstić information content (AvgIpc) is 2.67. The van der Waals surface area contributed by atoms with E-state index in [2.05, 4.69) is 22.2 Å². The van der Waals surface area contributed by atoms with Crippen molar-refractivity contribution in [2.45, 2.75) is 19.8 Å². The van der Waals surface area contributed by atoms with E-state index in [0.717, 1.165) is 25.9 Å². The van der Waals surface area contributed by atoms with E-state index in [4.69, 9.17) is 9.47 Å². The number of benzene rings is 1. The molecule has 7 nitrogen and oxygen atoms in total. The van der Waals surface area contributed by atoms with Gasteiger partial charge in [-0.05, 0) is 37.0 Å². The lowest BCUT2D eigenvalue weighted by atomic mass is 10.00. The van der Waals surface area contributed by atoms with Gasteiger partial charge in [0.1, 0.15) is 17.2 Å². The largest absolute Gasteiger partial charge is 0.497 e. The predicted molar refractivity (Wildman–Crippen MR) is 99.2 cm³/mol. The molecule has 0 bridgehead atoms. The number of amides is 1. The summed E-state index contributed by atoms with van der Waals surface area (Å²) in [6.07, 6.45) is 3.78. The van der Waals surface area contributed by atoms with Crippen molar-refractivity contribution in [3.05, 3.63) is 36.2 Å². The first-order chi connectivity index (χ1) is 12.6. The summed E-state index contributed by atoms with van der Waals surface area (Å²) in [5.41, 5.74) is 1.06. The van der Waals surface area contributed by atoms with Crippen LogP contribution in [0, 0.1) is 5.92 Å². The molecule has 0 radical (unpaired) electrons. The number of piperidine rings is 1. The van der Waals surface area contributed by atoms with Crippen molar-refractivity contribution >= 4 is 17.5 Å². The third-order valence-corrected chi connectivity index (χ3v) is 4.47. The highest BCUT2D eigenvalue weighted by Crippen LogP contribution is 2.30. The molecule has 2 aromatic rings. The highest BCUT2D eigenvalue weighted by Gasteiger charge is 2.23. The van der Waals surface area contributed by atoms with Crippen LogP contribution in [0.4, 0.5) is 11.6 Å². The zero-order valence-electron chi connectivity index (χ0n) is 15.4. The molecule has 1 N–H and O–H groups in total. The second kappa shape index (κ2) is 8.03. The van der Waals surface area contributed by atoms with Crippen molar-refractivity contribution in [1.82, 2.24) is 14.9 Å². The normalized spacial score (nSPS) is 16.9. The van der Waals surface area contributed by atoms with Gasteiger partial charge in [0.2, 0.25) is 5.95 Å². The van der Waals surface area contributed by atoms with E-state index in [9.17, 15) is 4.79 Å². The molecule has 1 aliphatic heterocycles. The Kier molecular flexibility index (Phi) is 5.55. The van der Waals surface area contributed by atoms with Crippen molar-refractivity contribution in [1.29, 1.82) is 0 Å². The number of carbonyl (C=O) groups is 1. The number of carbonyl (C=O) groups excluding carboxylic acids is 1. The van der Waals surface area contributed by atoms with Crippen LogP contribution in [0.3, 0.4) is 0 Å². The van der Waals surface area contributed by atoms with Gasteiger partial charge in [-0.3, -0.25) is 4.79 Å². The van der Waals surface area contributed by atoms with Crippen LogP contribution in [0.2, 0.25) is 0 Å². The van der Waals surface area contributed by atoms with Crippen LogP contribution in [0.5, 0.6) is 11.5 Å². The molecule has 0 aliphatic carbocycles. The van der Waals surface area contributed by atoms with Crippen LogP contribution in [-0.4, -0.2) is 48.1 Å². The molecule has 1 aliphatic rings. The van der Waals surface area contributed by atoms with E-state index in [1.54, 1.807) is 38.6 Å². The van der Waals surface area contributed by atoms with Gasteiger partial charge in [-0.15, -0.1) is 0 Å². The van der Waals surface area contributed by atoms with Gasteiger partial charge in [0.25, 0.3) is 5.91 Å². The molecule has 138 valence electrons.